The van der Waals surface area contributed by atoms with Gasteiger partial charge in [-0.1, -0.05) is 461 Å². The average molecular weight is 1780 g/mol. The van der Waals surface area contributed by atoms with Gasteiger partial charge in [0.05, 0.1) is 39.6 Å². The number of hydrogen-bond acceptors (Lipinski definition) is 6. The van der Waals surface area contributed by atoms with E-state index in [2.05, 4.69) is 187 Å². The van der Waals surface area contributed by atoms with Gasteiger partial charge in [-0.2, -0.15) is 0 Å². The van der Waals surface area contributed by atoms with E-state index in [9.17, 15) is 0 Å². The van der Waals surface area contributed by atoms with Gasteiger partial charge < -0.3 is 28.4 Å². The lowest BCUT2D eigenvalue weighted by atomic mass is 9.89. The standard InChI is InChI=1S/C126H174O6/c1-7-13-19-25-31-37-43-49-55-61-79-127-121-91-115-103-73-67-97-85-109(103)110-86-98(68-74-104(110)116(115)92-122(121)128-80-62-56-50-44-38-32-26-20-14-8-2)100-70-76-106-112(88-100)114-90-102(72-78-108(114)120-96-126(132-84-66-60-54-48-42-36-30-24-18-12-6)124(94-118(106)120)130-82-64-58-52-46-40-34-28-22-16-10-4)101-71-77-107-113(89-101)111-87-99(97)69-75-105(111)117-93-123(129-81-63-57-51-45-39-33-27-21-15-9-3)125(95-119(107)117)131-83-65-59-53-47-41-35-29-23-17-11-5/h67-78,85-96H,7-66,79-84H2,1-6H3. The maximum Gasteiger partial charge on any atom is 0.161 e. The van der Waals surface area contributed by atoms with E-state index in [1.165, 1.54) is 476 Å². The molecule has 0 aromatic heterocycles. The normalized spacial score (nSPS) is 12.0. The zero-order valence-electron chi connectivity index (χ0n) is 84.0. The van der Waals surface area contributed by atoms with E-state index in [0.29, 0.717) is 39.6 Å². The maximum absolute atomic E-state index is 7.07. The minimum Gasteiger partial charge on any atom is -0.490 e. The van der Waals surface area contributed by atoms with Crippen molar-refractivity contribution in [1.29, 1.82) is 0 Å². The number of benzene rings is 12. The molecule has 0 aliphatic rings. The van der Waals surface area contributed by atoms with E-state index in [4.69, 9.17) is 28.4 Å². The molecule has 0 heterocycles. The van der Waals surface area contributed by atoms with Crippen LogP contribution in [0.3, 0.4) is 0 Å². The third-order valence-corrected chi connectivity index (χ3v) is 29.5. The summed E-state index contributed by atoms with van der Waals surface area (Å²) in [6.45, 7) is 17.9. The molecule has 0 saturated heterocycles. The second-order valence-corrected chi connectivity index (χ2v) is 40.3. The van der Waals surface area contributed by atoms with Crippen molar-refractivity contribution in [2.24, 2.45) is 0 Å². The van der Waals surface area contributed by atoms with Crippen molar-refractivity contribution >= 4 is 129 Å². The molecule has 0 amide bonds. The summed E-state index contributed by atoms with van der Waals surface area (Å²) in [6.07, 6.45) is 77.2. The van der Waals surface area contributed by atoms with Crippen LogP contribution in [0, 0.1) is 0 Å². The van der Waals surface area contributed by atoms with Crippen LogP contribution < -0.4 is 28.4 Å². The highest BCUT2D eigenvalue weighted by Gasteiger charge is 2.22. The second-order valence-electron chi connectivity index (χ2n) is 40.3. The third-order valence-electron chi connectivity index (χ3n) is 29.5. The Morgan fingerprint density at radius 1 is 0.114 bits per heavy atom. The Morgan fingerprint density at radius 3 is 0.341 bits per heavy atom. The van der Waals surface area contributed by atoms with Crippen molar-refractivity contribution < 1.29 is 28.4 Å². The predicted octanol–water partition coefficient (Wildman–Crippen LogP) is 41.3. The topological polar surface area (TPSA) is 55.4 Å². The summed E-state index contributed by atoms with van der Waals surface area (Å²) in [5.41, 5.74) is 0. The molecule has 0 saturated carbocycles. The van der Waals surface area contributed by atoms with E-state index in [-0.39, 0.29) is 0 Å². The first kappa shape index (κ1) is 101. The van der Waals surface area contributed by atoms with Crippen molar-refractivity contribution in [1.82, 2.24) is 0 Å². The highest BCUT2D eigenvalue weighted by atomic mass is 16.5. The summed E-state index contributed by atoms with van der Waals surface area (Å²) in [4.78, 5) is 0. The Hall–Kier alpha value is -8.22. The maximum atomic E-state index is 7.07. The number of unbranched alkanes of at least 4 members (excludes halogenated alkanes) is 54. The van der Waals surface area contributed by atoms with Crippen molar-refractivity contribution in [3.63, 3.8) is 0 Å². The summed E-state index contributed by atoms with van der Waals surface area (Å²) in [5.74, 6) is 5.17. The molecule has 0 atom stereocenters. The molecule has 12 bridgehead atoms. The molecule has 0 fully saturated rings. The molecule has 13 rings (SSSR count). The fourth-order valence-corrected chi connectivity index (χ4v) is 21.4. The second kappa shape index (κ2) is 57.6. The molecule has 132 heavy (non-hydrogen) atoms. The molecule has 0 radical (unpaired) electrons. The molecular weight excluding hydrogens is 1610 g/mol. The lowest BCUT2D eigenvalue weighted by Gasteiger charge is -2.18. The van der Waals surface area contributed by atoms with E-state index in [0.717, 1.165) is 73.0 Å². The average Bonchev–Trinajstić information content (AvgIpc) is 0.722. The van der Waals surface area contributed by atoms with Crippen LogP contribution in [0.1, 0.15) is 427 Å². The van der Waals surface area contributed by atoms with Crippen LogP contribution in [0.15, 0.2) is 146 Å². The lowest BCUT2D eigenvalue weighted by Crippen LogP contribution is -2.03. The molecule has 0 unspecified atom stereocenters. The molecule has 714 valence electrons. The van der Waals surface area contributed by atoms with Crippen LogP contribution in [0.25, 0.3) is 129 Å². The van der Waals surface area contributed by atoms with Crippen molar-refractivity contribution in [2.45, 2.75) is 427 Å². The van der Waals surface area contributed by atoms with Crippen LogP contribution in [0.2, 0.25) is 0 Å². The van der Waals surface area contributed by atoms with Gasteiger partial charge in [-0.15, -0.1) is 0 Å². The van der Waals surface area contributed by atoms with Crippen LogP contribution in [0.4, 0.5) is 0 Å². The van der Waals surface area contributed by atoms with Gasteiger partial charge in [0.2, 0.25) is 0 Å². The summed E-state index contributed by atoms with van der Waals surface area (Å²) in [5, 5.41) is 29.1. The first-order chi connectivity index (χ1) is 65.4. The quantitative estimate of drug-likeness (QED) is 0.0280. The number of rotatable bonds is 72. The Balaban J connectivity index is 0.948. The van der Waals surface area contributed by atoms with Crippen molar-refractivity contribution in [2.75, 3.05) is 39.6 Å². The van der Waals surface area contributed by atoms with Gasteiger partial charge >= 0.3 is 0 Å². The summed E-state index contributed by atoms with van der Waals surface area (Å²) in [7, 11) is 0. The van der Waals surface area contributed by atoms with Crippen LogP contribution >= 0.6 is 0 Å². The van der Waals surface area contributed by atoms with Gasteiger partial charge in [-0.3, -0.25) is 0 Å². The van der Waals surface area contributed by atoms with Gasteiger partial charge in [0.15, 0.2) is 34.5 Å². The van der Waals surface area contributed by atoms with Crippen molar-refractivity contribution in [3.05, 3.63) is 146 Å². The Bertz CT molecular complexity index is 4710. The molecule has 6 heteroatoms. The first-order valence-corrected chi connectivity index (χ1v) is 55.6. The van der Waals surface area contributed by atoms with Crippen LogP contribution in [-0.2, 0) is 0 Å². The molecular formula is C126H174O6. The summed E-state index contributed by atoms with van der Waals surface area (Å²) < 4.78 is 42.4. The lowest BCUT2D eigenvalue weighted by molar-refractivity contribution is 0.259. The minimum atomic E-state index is 0.673. The monoisotopic (exact) mass is 1780 g/mol. The van der Waals surface area contributed by atoms with Gasteiger partial charge in [-0.05, 0) is 241 Å². The summed E-state index contributed by atoms with van der Waals surface area (Å²) in [6, 6.07) is 58.2. The minimum absolute atomic E-state index is 0.673. The number of hydrogen-bond donors (Lipinski definition) is 0. The van der Waals surface area contributed by atoms with Crippen molar-refractivity contribution in [3.8, 4) is 34.5 Å². The Morgan fingerprint density at radius 2 is 0.220 bits per heavy atom. The van der Waals surface area contributed by atoms with Gasteiger partial charge in [0.25, 0.3) is 0 Å². The molecule has 13 aromatic rings. The molecule has 0 spiro atoms. The SMILES string of the molecule is CCCCCCCCCCCCOc1cc2c3ccc4cc3c3cc(ccc3c2cc1OCCCCCCCCCCCC)c1ccc2c3cc(OCCCCCCCCCCCC)c(OCCCCCCCCCCCC)cc3c3ccc(cc3c2c1)c1ccc2c3cc(OCCCCCCCCCCCC)c(OCCCCCCCCCCCC)cc3c3ccc4cc3c2c1. The highest BCUT2D eigenvalue weighted by molar-refractivity contribution is 6.31. The number of ether oxygens (including phenoxy) is 6. The summed E-state index contributed by atoms with van der Waals surface area (Å²) >= 11 is 0. The smallest absolute Gasteiger partial charge is 0.161 e. The van der Waals surface area contributed by atoms with Gasteiger partial charge in [-0.25, -0.2) is 0 Å². The Labute approximate surface area is 799 Å². The molecule has 0 N–H and O–H groups in total. The van der Waals surface area contributed by atoms with Gasteiger partial charge in [0, 0.05) is 0 Å². The van der Waals surface area contributed by atoms with E-state index < -0.39 is 0 Å². The van der Waals surface area contributed by atoms with Gasteiger partial charge in [0.1, 0.15) is 0 Å². The van der Waals surface area contributed by atoms with E-state index in [1.807, 2.05) is 0 Å². The predicted molar refractivity (Wildman–Crippen MR) is 581 cm³/mol. The first-order valence-electron chi connectivity index (χ1n) is 55.6. The highest BCUT2D eigenvalue weighted by Crippen LogP contribution is 2.48. The third kappa shape index (κ3) is 29.9. The zero-order valence-corrected chi connectivity index (χ0v) is 84.0. The Kier molecular flexibility index (Phi) is 44.2. The fourth-order valence-electron chi connectivity index (χ4n) is 21.4. The fraction of sp³-hybridized carbons (Fsp3) is 0.571. The largest absolute Gasteiger partial charge is 0.490 e. The molecule has 6 nitrogen and oxygen atoms in total. The van der Waals surface area contributed by atoms with E-state index in [1.54, 1.807) is 0 Å². The van der Waals surface area contributed by atoms with E-state index >= 15 is 0 Å². The molecule has 0 aliphatic carbocycles. The van der Waals surface area contributed by atoms with Crippen LogP contribution in [0.5, 0.6) is 34.5 Å². The number of fused-ring (bicyclic) bond motifs is 18. The molecule has 13 aromatic carbocycles. The zero-order chi connectivity index (χ0) is 91.2. The molecule has 0 aliphatic heterocycles. The van der Waals surface area contributed by atoms with Crippen LogP contribution in [-0.4, -0.2) is 39.6 Å².